The summed E-state index contributed by atoms with van der Waals surface area (Å²) in [6.45, 7) is 3.79. The molecule has 0 unspecified atom stereocenters. The van der Waals surface area contributed by atoms with Crippen LogP contribution in [0.1, 0.15) is 12.1 Å². The van der Waals surface area contributed by atoms with E-state index in [1.807, 2.05) is 36.2 Å². The van der Waals surface area contributed by atoms with Gasteiger partial charge in [0.2, 0.25) is 10.0 Å². The Morgan fingerprint density at radius 2 is 1.62 bits per heavy atom. The van der Waals surface area contributed by atoms with Crippen LogP contribution in [0.2, 0.25) is 0 Å². The van der Waals surface area contributed by atoms with Gasteiger partial charge in [-0.05, 0) is 55.8 Å². The first-order valence-electron chi connectivity index (χ1n) is 9.30. The topological polar surface area (TPSA) is 84.2 Å². The molecule has 0 spiro atoms. The van der Waals surface area contributed by atoms with E-state index >= 15 is 0 Å². The fraction of sp³-hybridized carbons (Fsp3) is 0.316. The van der Waals surface area contributed by atoms with Gasteiger partial charge < -0.3 is 4.90 Å². The normalized spacial score (nSPS) is 16.0. The van der Waals surface area contributed by atoms with Crippen LogP contribution in [0.5, 0.6) is 0 Å². The molecular weight excluding hydrogens is 395 g/mol. The maximum Gasteiger partial charge on any atom is 0.243 e. The molecule has 0 bridgehead atoms. The molecule has 0 aliphatic carbocycles. The minimum Gasteiger partial charge on any atom is -0.354 e. The number of halogens is 1. The average molecular weight is 416 g/mol. The van der Waals surface area contributed by atoms with E-state index in [-0.39, 0.29) is 4.90 Å². The predicted molar refractivity (Wildman–Crippen MR) is 106 cm³/mol. The first kappa shape index (κ1) is 19.5. The van der Waals surface area contributed by atoms with Crippen molar-refractivity contribution in [2.24, 2.45) is 0 Å². The largest absolute Gasteiger partial charge is 0.354 e. The van der Waals surface area contributed by atoms with E-state index in [9.17, 15) is 12.8 Å². The molecule has 1 aliphatic heterocycles. The lowest BCUT2D eigenvalue weighted by atomic mass is 10.4. The molecule has 0 saturated carbocycles. The van der Waals surface area contributed by atoms with Gasteiger partial charge in [0.05, 0.1) is 10.6 Å². The Morgan fingerprint density at radius 1 is 0.897 bits per heavy atom. The third kappa shape index (κ3) is 4.13. The standard InChI is InChI=1S/C19H21FN6O2S/c1-15-9-12-26(23-15)19-8-7-18(21-22-19)24-10-2-11-25(14-13-24)29(27,28)17-5-3-16(20)4-6-17/h3-9,12H,2,10-11,13-14H2,1H3. The molecule has 10 heteroatoms. The van der Waals surface area contributed by atoms with Crippen LogP contribution in [0.4, 0.5) is 10.2 Å². The molecular formula is C19H21FN6O2S. The molecule has 1 aromatic carbocycles. The number of anilines is 1. The summed E-state index contributed by atoms with van der Waals surface area (Å²) in [5.74, 6) is 0.856. The van der Waals surface area contributed by atoms with Crippen LogP contribution in [0.3, 0.4) is 0 Å². The maximum atomic E-state index is 13.1. The first-order chi connectivity index (χ1) is 13.9. The minimum atomic E-state index is -3.66. The summed E-state index contributed by atoms with van der Waals surface area (Å²) in [7, 11) is -3.66. The lowest BCUT2D eigenvalue weighted by Gasteiger charge is -2.22. The summed E-state index contributed by atoms with van der Waals surface area (Å²) < 4.78 is 41.9. The van der Waals surface area contributed by atoms with Crippen LogP contribution in [0.25, 0.3) is 5.82 Å². The van der Waals surface area contributed by atoms with Gasteiger partial charge in [-0.2, -0.15) is 9.40 Å². The minimum absolute atomic E-state index is 0.103. The fourth-order valence-electron chi connectivity index (χ4n) is 3.27. The van der Waals surface area contributed by atoms with Gasteiger partial charge in [-0.25, -0.2) is 17.5 Å². The van der Waals surface area contributed by atoms with Crippen LogP contribution < -0.4 is 4.90 Å². The SMILES string of the molecule is Cc1ccn(-c2ccc(N3CCCN(S(=O)(=O)c4ccc(F)cc4)CC3)nn2)n1. The number of sulfonamides is 1. The van der Waals surface area contributed by atoms with Crippen molar-refractivity contribution >= 4 is 15.8 Å². The highest BCUT2D eigenvalue weighted by Crippen LogP contribution is 2.20. The second kappa shape index (κ2) is 7.88. The number of aryl methyl sites for hydroxylation is 1. The summed E-state index contributed by atoms with van der Waals surface area (Å²) in [6, 6.07) is 10.5. The number of benzene rings is 1. The van der Waals surface area contributed by atoms with Crippen LogP contribution in [0.15, 0.2) is 53.6 Å². The molecule has 1 fully saturated rings. The number of nitrogens with zero attached hydrogens (tertiary/aromatic N) is 6. The molecule has 152 valence electrons. The van der Waals surface area contributed by atoms with E-state index in [2.05, 4.69) is 15.3 Å². The van der Waals surface area contributed by atoms with Crippen molar-refractivity contribution < 1.29 is 12.8 Å². The molecule has 0 amide bonds. The highest BCUT2D eigenvalue weighted by Gasteiger charge is 2.27. The highest BCUT2D eigenvalue weighted by atomic mass is 32.2. The Bertz CT molecular complexity index is 1080. The number of hydrogen-bond acceptors (Lipinski definition) is 6. The first-order valence-corrected chi connectivity index (χ1v) is 10.7. The van der Waals surface area contributed by atoms with Crippen LogP contribution >= 0.6 is 0 Å². The second-order valence-electron chi connectivity index (χ2n) is 6.85. The van der Waals surface area contributed by atoms with Gasteiger partial charge in [-0.1, -0.05) is 0 Å². The van der Waals surface area contributed by atoms with E-state index < -0.39 is 15.8 Å². The van der Waals surface area contributed by atoms with E-state index in [0.717, 1.165) is 17.8 Å². The molecule has 29 heavy (non-hydrogen) atoms. The molecule has 8 nitrogen and oxygen atoms in total. The zero-order valence-corrected chi connectivity index (χ0v) is 16.8. The third-order valence-corrected chi connectivity index (χ3v) is 6.74. The van der Waals surface area contributed by atoms with Crippen LogP contribution in [0, 0.1) is 12.7 Å². The highest BCUT2D eigenvalue weighted by molar-refractivity contribution is 7.89. The van der Waals surface area contributed by atoms with Crippen molar-refractivity contribution in [1.82, 2.24) is 24.3 Å². The van der Waals surface area contributed by atoms with Crippen molar-refractivity contribution in [3.63, 3.8) is 0 Å². The van der Waals surface area contributed by atoms with Gasteiger partial charge in [0, 0.05) is 32.4 Å². The lowest BCUT2D eigenvalue weighted by Crippen LogP contribution is -2.35. The van der Waals surface area contributed by atoms with E-state index in [4.69, 9.17) is 0 Å². The van der Waals surface area contributed by atoms with Gasteiger partial charge >= 0.3 is 0 Å². The van der Waals surface area contributed by atoms with Crippen molar-refractivity contribution in [2.45, 2.75) is 18.2 Å². The predicted octanol–water partition coefficient (Wildman–Crippen LogP) is 2.01. The molecule has 2 aromatic heterocycles. The summed E-state index contributed by atoms with van der Waals surface area (Å²) >= 11 is 0. The number of aromatic nitrogens is 4. The lowest BCUT2D eigenvalue weighted by molar-refractivity contribution is 0.433. The van der Waals surface area contributed by atoms with Crippen molar-refractivity contribution in [3.8, 4) is 5.82 Å². The van der Waals surface area contributed by atoms with Crippen molar-refractivity contribution in [2.75, 3.05) is 31.1 Å². The number of hydrogen-bond donors (Lipinski definition) is 0. The van der Waals surface area contributed by atoms with Crippen molar-refractivity contribution in [3.05, 3.63) is 60.2 Å². The van der Waals surface area contributed by atoms with Gasteiger partial charge in [0.15, 0.2) is 11.6 Å². The Kier molecular flexibility index (Phi) is 5.29. The van der Waals surface area contributed by atoms with Gasteiger partial charge in [0.25, 0.3) is 0 Å². The zero-order chi connectivity index (χ0) is 20.4. The summed E-state index contributed by atoms with van der Waals surface area (Å²) in [5.41, 5.74) is 0.894. The van der Waals surface area contributed by atoms with E-state index in [1.54, 1.807) is 4.68 Å². The summed E-state index contributed by atoms with van der Waals surface area (Å²) in [6.07, 6.45) is 2.48. The van der Waals surface area contributed by atoms with Crippen LogP contribution in [-0.4, -0.2) is 58.9 Å². The average Bonchev–Trinajstić information content (AvgIpc) is 3.00. The molecule has 3 heterocycles. The van der Waals surface area contributed by atoms with Gasteiger partial charge in [-0.3, -0.25) is 0 Å². The smallest absolute Gasteiger partial charge is 0.243 e. The molecule has 0 radical (unpaired) electrons. The third-order valence-electron chi connectivity index (χ3n) is 4.82. The Hall–Kier alpha value is -2.85. The molecule has 1 aliphatic rings. The molecule has 0 atom stereocenters. The zero-order valence-electron chi connectivity index (χ0n) is 15.9. The Labute approximate surface area is 168 Å². The van der Waals surface area contributed by atoms with Crippen molar-refractivity contribution in [1.29, 1.82) is 0 Å². The number of rotatable bonds is 4. The monoisotopic (exact) mass is 416 g/mol. The summed E-state index contributed by atoms with van der Waals surface area (Å²) in [5, 5.41) is 12.8. The molecule has 0 N–H and O–H groups in total. The molecule has 1 saturated heterocycles. The van der Waals surface area contributed by atoms with E-state index in [0.29, 0.717) is 44.2 Å². The Morgan fingerprint density at radius 3 is 2.28 bits per heavy atom. The van der Waals surface area contributed by atoms with Gasteiger partial charge in [0.1, 0.15) is 5.82 Å². The van der Waals surface area contributed by atoms with Gasteiger partial charge in [-0.15, -0.1) is 10.2 Å². The van der Waals surface area contributed by atoms with Crippen LogP contribution in [-0.2, 0) is 10.0 Å². The second-order valence-corrected chi connectivity index (χ2v) is 8.79. The quantitative estimate of drug-likeness (QED) is 0.647. The fourth-order valence-corrected chi connectivity index (χ4v) is 4.74. The molecule has 4 rings (SSSR count). The maximum absolute atomic E-state index is 13.1. The molecule has 3 aromatic rings. The van der Waals surface area contributed by atoms with E-state index in [1.165, 1.54) is 16.4 Å². The summed E-state index contributed by atoms with van der Waals surface area (Å²) in [4.78, 5) is 2.12. The Balaban J connectivity index is 1.46.